The van der Waals surface area contributed by atoms with Gasteiger partial charge < -0.3 is 15.4 Å². The molecule has 132 valence electrons. The molecular formula is C18H14Cl2N4O2. The second kappa shape index (κ2) is 8.03. The maximum atomic E-state index is 12.2. The van der Waals surface area contributed by atoms with Crippen LogP contribution in [0.4, 0.5) is 17.2 Å². The number of halogens is 2. The van der Waals surface area contributed by atoms with Crippen LogP contribution >= 0.6 is 23.2 Å². The van der Waals surface area contributed by atoms with E-state index in [4.69, 9.17) is 27.9 Å². The fourth-order valence-electron chi connectivity index (χ4n) is 2.14. The number of ether oxygens (including phenoxy) is 1. The molecule has 1 aromatic heterocycles. The Morgan fingerprint density at radius 3 is 2.50 bits per heavy atom. The molecule has 2 aromatic carbocycles. The SMILES string of the molecule is COc1cccc(Nc2ccc(C(=O)Nc3ccc(Cl)c(Cl)c3)nn2)c1. The number of rotatable bonds is 5. The third-order valence-electron chi connectivity index (χ3n) is 3.42. The average molecular weight is 389 g/mol. The van der Waals surface area contributed by atoms with Gasteiger partial charge in [-0.15, -0.1) is 10.2 Å². The lowest BCUT2D eigenvalue weighted by Crippen LogP contribution is -2.14. The molecule has 8 heteroatoms. The van der Waals surface area contributed by atoms with E-state index in [-0.39, 0.29) is 5.69 Å². The maximum absolute atomic E-state index is 12.2. The first-order valence-electron chi connectivity index (χ1n) is 7.56. The van der Waals surface area contributed by atoms with Crippen LogP contribution in [0.25, 0.3) is 0 Å². The van der Waals surface area contributed by atoms with Gasteiger partial charge in [0.25, 0.3) is 5.91 Å². The van der Waals surface area contributed by atoms with E-state index < -0.39 is 5.91 Å². The Hall–Kier alpha value is -2.83. The molecule has 0 atom stereocenters. The summed E-state index contributed by atoms with van der Waals surface area (Å²) in [7, 11) is 1.60. The number of anilines is 3. The molecule has 3 rings (SSSR count). The van der Waals surface area contributed by atoms with E-state index in [1.807, 2.05) is 24.3 Å². The van der Waals surface area contributed by atoms with Crippen molar-refractivity contribution in [2.24, 2.45) is 0 Å². The zero-order valence-corrected chi connectivity index (χ0v) is 15.2. The first kappa shape index (κ1) is 18.0. The molecule has 0 saturated heterocycles. The number of carbonyl (C=O) groups is 1. The minimum atomic E-state index is -0.399. The molecule has 0 aliphatic heterocycles. The lowest BCUT2D eigenvalue weighted by atomic mass is 10.3. The molecule has 3 aromatic rings. The Bertz CT molecular complexity index is 933. The summed E-state index contributed by atoms with van der Waals surface area (Å²) in [5, 5.41) is 14.5. The van der Waals surface area contributed by atoms with Crippen LogP contribution in [0.1, 0.15) is 10.5 Å². The number of carbonyl (C=O) groups excluding carboxylic acids is 1. The van der Waals surface area contributed by atoms with Gasteiger partial charge >= 0.3 is 0 Å². The van der Waals surface area contributed by atoms with Crippen LogP contribution in [0, 0.1) is 0 Å². The van der Waals surface area contributed by atoms with E-state index in [0.717, 1.165) is 11.4 Å². The van der Waals surface area contributed by atoms with Crippen molar-refractivity contribution in [3.05, 3.63) is 70.3 Å². The first-order chi connectivity index (χ1) is 12.5. The predicted octanol–water partition coefficient (Wildman–Crippen LogP) is 4.79. The second-order valence-electron chi connectivity index (χ2n) is 5.24. The van der Waals surface area contributed by atoms with Crippen LogP contribution in [0.5, 0.6) is 5.75 Å². The molecule has 0 aliphatic carbocycles. The highest BCUT2D eigenvalue weighted by Gasteiger charge is 2.10. The zero-order valence-electron chi connectivity index (χ0n) is 13.7. The van der Waals surface area contributed by atoms with Crippen LogP contribution in [0.2, 0.25) is 10.0 Å². The topological polar surface area (TPSA) is 76.1 Å². The molecule has 26 heavy (non-hydrogen) atoms. The first-order valence-corrected chi connectivity index (χ1v) is 8.32. The molecule has 0 radical (unpaired) electrons. The highest BCUT2D eigenvalue weighted by molar-refractivity contribution is 6.42. The number of aromatic nitrogens is 2. The number of nitrogens with zero attached hydrogens (tertiary/aromatic N) is 2. The Balaban J connectivity index is 1.68. The third kappa shape index (κ3) is 4.41. The molecule has 0 fully saturated rings. The van der Waals surface area contributed by atoms with Gasteiger partial charge in [-0.25, -0.2) is 0 Å². The van der Waals surface area contributed by atoms with Crippen LogP contribution in [-0.2, 0) is 0 Å². The number of amides is 1. The molecular weight excluding hydrogens is 375 g/mol. The molecule has 0 spiro atoms. The summed E-state index contributed by atoms with van der Waals surface area (Å²) >= 11 is 11.8. The highest BCUT2D eigenvalue weighted by Crippen LogP contribution is 2.25. The minimum absolute atomic E-state index is 0.173. The molecule has 0 saturated carbocycles. The fraction of sp³-hybridized carbons (Fsp3) is 0.0556. The largest absolute Gasteiger partial charge is 0.497 e. The van der Waals surface area contributed by atoms with Gasteiger partial charge in [-0.3, -0.25) is 4.79 Å². The fourth-order valence-corrected chi connectivity index (χ4v) is 2.44. The van der Waals surface area contributed by atoms with Crippen molar-refractivity contribution in [3.63, 3.8) is 0 Å². The van der Waals surface area contributed by atoms with E-state index in [1.54, 1.807) is 37.4 Å². The van der Waals surface area contributed by atoms with Crippen LogP contribution < -0.4 is 15.4 Å². The number of hydrogen-bond donors (Lipinski definition) is 2. The standard InChI is InChI=1S/C18H14Cl2N4O2/c1-26-13-4-2-3-11(9-13)21-17-8-7-16(23-24-17)18(25)22-12-5-6-14(19)15(20)10-12/h2-10H,1H3,(H,21,24)(H,22,25). The number of hydrogen-bond acceptors (Lipinski definition) is 5. The van der Waals surface area contributed by atoms with Gasteiger partial charge in [-0.1, -0.05) is 29.3 Å². The smallest absolute Gasteiger partial charge is 0.276 e. The molecule has 0 unspecified atom stereocenters. The average Bonchev–Trinajstić information content (AvgIpc) is 2.65. The normalized spacial score (nSPS) is 10.3. The van der Waals surface area contributed by atoms with E-state index in [9.17, 15) is 4.79 Å². The van der Waals surface area contributed by atoms with Crippen LogP contribution in [-0.4, -0.2) is 23.2 Å². The maximum Gasteiger partial charge on any atom is 0.276 e. The minimum Gasteiger partial charge on any atom is -0.497 e. The summed E-state index contributed by atoms with van der Waals surface area (Å²) in [4.78, 5) is 12.2. The van der Waals surface area contributed by atoms with Crippen LogP contribution in [0.3, 0.4) is 0 Å². The van der Waals surface area contributed by atoms with Gasteiger partial charge in [0.1, 0.15) is 5.75 Å². The highest BCUT2D eigenvalue weighted by atomic mass is 35.5. The second-order valence-corrected chi connectivity index (χ2v) is 6.06. The molecule has 1 amide bonds. The molecule has 1 heterocycles. The number of nitrogens with one attached hydrogen (secondary N) is 2. The quantitative estimate of drug-likeness (QED) is 0.656. The van der Waals surface area contributed by atoms with Gasteiger partial charge in [0.2, 0.25) is 0 Å². The van der Waals surface area contributed by atoms with E-state index in [0.29, 0.717) is 21.6 Å². The summed E-state index contributed by atoms with van der Waals surface area (Å²) in [6.45, 7) is 0. The van der Waals surface area contributed by atoms with Crippen LogP contribution in [0.15, 0.2) is 54.6 Å². The van der Waals surface area contributed by atoms with Crippen molar-refractivity contribution < 1.29 is 9.53 Å². The van der Waals surface area contributed by atoms with Gasteiger partial charge in [-0.2, -0.15) is 0 Å². The van der Waals surface area contributed by atoms with Crippen molar-refractivity contribution in [2.45, 2.75) is 0 Å². The number of methoxy groups -OCH3 is 1. The summed E-state index contributed by atoms with van der Waals surface area (Å²) in [5.41, 5.74) is 1.49. The van der Waals surface area contributed by atoms with Crippen molar-refractivity contribution >= 4 is 46.3 Å². The van der Waals surface area contributed by atoms with E-state index in [1.165, 1.54) is 0 Å². The number of benzene rings is 2. The van der Waals surface area contributed by atoms with E-state index >= 15 is 0 Å². The van der Waals surface area contributed by atoms with Gasteiger partial charge in [-0.05, 0) is 42.5 Å². The molecule has 0 bridgehead atoms. The third-order valence-corrected chi connectivity index (χ3v) is 4.16. The lowest BCUT2D eigenvalue weighted by molar-refractivity contribution is 0.102. The molecule has 2 N–H and O–H groups in total. The zero-order chi connectivity index (χ0) is 18.5. The Morgan fingerprint density at radius 2 is 1.81 bits per heavy atom. The van der Waals surface area contributed by atoms with Crippen molar-refractivity contribution in [1.29, 1.82) is 0 Å². The molecule has 6 nitrogen and oxygen atoms in total. The Labute approximate surface area is 160 Å². The summed E-state index contributed by atoms with van der Waals surface area (Å²) in [6, 6.07) is 15.4. The van der Waals surface area contributed by atoms with Gasteiger partial charge in [0, 0.05) is 17.4 Å². The predicted molar refractivity (Wildman–Crippen MR) is 103 cm³/mol. The van der Waals surface area contributed by atoms with Gasteiger partial charge in [0.15, 0.2) is 11.5 Å². The van der Waals surface area contributed by atoms with Crippen molar-refractivity contribution in [2.75, 3.05) is 17.7 Å². The Kier molecular flexibility index (Phi) is 5.55. The molecule has 0 aliphatic rings. The van der Waals surface area contributed by atoms with E-state index in [2.05, 4.69) is 20.8 Å². The van der Waals surface area contributed by atoms with Crippen molar-refractivity contribution in [1.82, 2.24) is 10.2 Å². The summed E-state index contributed by atoms with van der Waals surface area (Å²) < 4.78 is 5.17. The summed E-state index contributed by atoms with van der Waals surface area (Å²) in [5.74, 6) is 0.828. The lowest BCUT2D eigenvalue weighted by Gasteiger charge is -2.08. The Morgan fingerprint density at radius 1 is 0.962 bits per heavy atom. The van der Waals surface area contributed by atoms with Crippen molar-refractivity contribution in [3.8, 4) is 5.75 Å². The van der Waals surface area contributed by atoms with Gasteiger partial charge in [0.05, 0.1) is 17.2 Å². The summed E-state index contributed by atoms with van der Waals surface area (Å²) in [6.07, 6.45) is 0. The monoisotopic (exact) mass is 388 g/mol.